The summed E-state index contributed by atoms with van der Waals surface area (Å²) in [6.07, 6.45) is 3.59. The number of aliphatic hydroxyl groups excluding tert-OH is 1. The van der Waals surface area contributed by atoms with Crippen molar-refractivity contribution in [3.8, 4) is 5.88 Å². The molecule has 1 fully saturated rings. The van der Waals surface area contributed by atoms with E-state index in [9.17, 15) is 5.11 Å². The topological polar surface area (TPSA) is 84.5 Å². The van der Waals surface area contributed by atoms with E-state index in [0.29, 0.717) is 17.4 Å². The van der Waals surface area contributed by atoms with E-state index < -0.39 is 0 Å². The van der Waals surface area contributed by atoms with E-state index >= 15 is 0 Å². The van der Waals surface area contributed by atoms with Gasteiger partial charge in [-0.05, 0) is 32.6 Å². The number of nitrogen functional groups attached to an aromatic ring is 1. The highest BCUT2D eigenvalue weighted by Crippen LogP contribution is 2.31. The van der Waals surface area contributed by atoms with Crippen LogP contribution in [0.2, 0.25) is 0 Å². The molecule has 1 unspecified atom stereocenters. The first-order valence-electron chi connectivity index (χ1n) is 6.74. The van der Waals surface area contributed by atoms with Gasteiger partial charge in [0.15, 0.2) is 5.82 Å². The quantitative estimate of drug-likeness (QED) is 0.847. The van der Waals surface area contributed by atoms with Crippen LogP contribution in [0.1, 0.15) is 26.7 Å². The standard InChI is InChI=1S/C13H22N4O2/c1-9(2)19-13-11(14)12(15-8-16-13)17-5-3-4-10(6-17)7-18/h8-10,18H,3-7,14H2,1-2H3. The van der Waals surface area contributed by atoms with E-state index in [0.717, 1.165) is 25.9 Å². The molecule has 0 radical (unpaired) electrons. The molecule has 1 aromatic rings. The zero-order valence-corrected chi connectivity index (χ0v) is 11.5. The molecule has 1 aliphatic heterocycles. The van der Waals surface area contributed by atoms with E-state index in [-0.39, 0.29) is 18.6 Å². The van der Waals surface area contributed by atoms with Crippen molar-refractivity contribution in [2.45, 2.75) is 32.8 Å². The Kier molecular flexibility index (Phi) is 4.42. The highest BCUT2D eigenvalue weighted by Gasteiger charge is 2.23. The van der Waals surface area contributed by atoms with Crippen LogP contribution in [0.5, 0.6) is 5.88 Å². The summed E-state index contributed by atoms with van der Waals surface area (Å²) in [6, 6.07) is 0. The second-order valence-corrected chi connectivity index (χ2v) is 5.22. The fraction of sp³-hybridized carbons (Fsp3) is 0.692. The van der Waals surface area contributed by atoms with Crippen LogP contribution in [0.4, 0.5) is 11.5 Å². The van der Waals surface area contributed by atoms with E-state index in [1.807, 2.05) is 13.8 Å². The summed E-state index contributed by atoms with van der Waals surface area (Å²) in [5.41, 5.74) is 6.58. The average molecular weight is 266 g/mol. The molecule has 6 heteroatoms. The molecular formula is C13H22N4O2. The summed E-state index contributed by atoms with van der Waals surface area (Å²) in [5.74, 6) is 1.44. The summed E-state index contributed by atoms with van der Waals surface area (Å²) in [4.78, 5) is 10.5. The number of hydrogen-bond donors (Lipinski definition) is 2. The summed E-state index contributed by atoms with van der Waals surface area (Å²) >= 11 is 0. The van der Waals surface area contributed by atoms with Gasteiger partial charge in [-0.15, -0.1) is 0 Å². The molecule has 2 heterocycles. The van der Waals surface area contributed by atoms with Crippen molar-refractivity contribution in [1.29, 1.82) is 0 Å². The predicted molar refractivity (Wildman–Crippen MR) is 74.2 cm³/mol. The summed E-state index contributed by atoms with van der Waals surface area (Å²) in [5, 5.41) is 9.28. The average Bonchev–Trinajstić information content (AvgIpc) is 2.41. The van der Waals surface area contributed by atoms with Crippen molar-refractivity contribution in [3.05, 3.63) is 6.33 Å². The molecule has 1 aliphatic rings. The maximum absolute atomic E-state index is 9.28. The van der Waals surface area contributed by atoms with Gasteiger partial charge in [0.25, 0.3) is 0 Å². The van der Waals surface area contributed by atoms with E-state index in [1.165, 1.54) is 6.33 Å². The predicted octanol–water partition coefficient (Wildman–Crippen LogP) is 1.05. The van der Waals surface area contributed by atoms with E-state index in [1.54, 1.807) is 0 Å². The lowest BCUT2D eigenvalue weighted by atomic mass is 9.99. The molecule has 0 aromatic carbocycles. The van der Waals surface area contributed by atoms with Crippen LogP contribution in [0.25, 0.3) is 0 Å². The SMILES string of the molecule is CC(C)Oc1ncnc(N2CCCC(CO)C2)c1N. The number of anilines is 2. The van der Waals surface area contributed by atoms with Crippen LogP contribution in [0, 0.1) is 5.92 Å². The van der Waals surface area contributed by atoms with Gasteiger partial charge in [-0.3, -0.25) is 0 Å². The molecule has 1 atom stereocenters. The van der Waals surface area contributed by atoms with Crippen LogP contribution in [0.3, 0.4) is 0 Å². The monoisotopic (exact) mass is 266 g/mol. The number of nitrogens with zero attached hydrogens (tertiary/aromatic N) is 3. The van der Waals surface area contributed by atoms with Crippen molar-refractivity contribution in [2.75, 3.05) is 30.3 Å². The van der Waals surface area contributed by atoms with Crippen molar-refractivity contribution in [1.82, 2.24) is 9.97 Å². The normalized spacial score (nSPS) is 19.8. The maximum atomic E-state index is 9.28. The first-order chi connectivity index (χ1) is 9.11. The van der Waals surface area contributed by atoms with Gasteiger partial charge in [-0.1, -0.05) is 0 Å². The number of aliphatic hydroxyl groups is 1. The second kappa shape index (κ2) is 6.06. The number of hydrogen-bond acceptors (Lipinski definition) is 6. The van der Waals surface area contributed by atoms with Crippen molar-refractivity contribution in [3.63, 3.8) is 0 Å². The van der Waals surface area contributed by atoms with Gasteiger partial charge < -0.3 is 20.5 Å². The molecule has 0 saturated carbocycles. The molecule has 3 N–H and O–H groups in total. The first kappa shape index (κ1) is 13.9. The molecule has 1 aromatic heterocycles. The van der Waals surface area contributed by atoms with Crippen LogP contribution >= 0.6 is 0 Å². The Balaban J connectivity index is 2.19. The van der Waals surface area contributed by atoms with Gasteiger partial charge in [-0.2, -0.15) is 4.98 Å². The Morgan fingerprint density at radius 2 is 2.32 bits per heavy atom. The van der Waals surface area contributed by atoms with Crippen LogP contribution in [-0.2, 0) is 0 Å². The smallest absolute Gasteiger partial charge is 0.242 e. The lowest BCUT2D eigenvalue weighted by molar-refractivity contribution is 0.208. The largest absolute Gasteiger partial charge is 0.473 e. The highest BCUT2D eigenvalue weighted by atomic mass is 16.5. The number of aromatic nitrogens is 2. The minimum Gasteiger partial charge on any atom is -0.473 e. The summed E-state index contributed by atoms with van der Waals surface area (Å²) < 4.78 is 5.58. The minimum atomic E-state index is 0.0246. The third kappa shape index (κ3) is 3.26. The first-order valence-corrected chi connectivity index (χ1v) is 6.74. The number of nitrogens with two attached hydrogens (primary N) is 1. The van der Waals surface area contributed by atoms with Crippen LogP contribution in [-0.4, -0.2) is 40.9 Å². The summed E-state index contributed by atoms with van der Waals surface area (Å²) in [7, 11) is 0. The number of piperidine rings is 1. The molecule has 0 amide bonds. The van der Waals surface area contributed by atoms with Gasteiger partial charge in [0.1, 0.15) is 12.0 Å². The maximum Gasteiger partial charge on any atom is 0.242 e. The fourth-order valence-corrected chi connectivity index (χ4v) is 2.35. The Morgan fingerprint density at radius 1 is 1.53 bits per heavy atom. The molecular weight excluding hydrogens is 244 g/mol. The molecule has 0 aliphatic carbocycles. The highest BCUT2D eigenvalue weighted by molar-refractivity contribution is 5.67. The summed E-state index contributed by atoms with van der Waals surface area (Å²) in [6.45, 7) is 5.75. The minimum absolute atomic E-state index is 0.0246. The lowest BCUT2D eigenvalue weighted by Crippen LogP contribution is -2.37. The van der Waals surface area contributed by atoms with Crippen molar-refractivity contribution >= 4 is 11.5 Å². The third-order valence-corrected chi connectivity index (χ3v) is 3.25. The Bertz CT molecular complexity index is 425. The zero-order chi connectivity index (χ0) is 13.8. The van der Waals surface area contributed by atoms with E-state index in [2.05, 4.69) is 14.9 Å². The molecule has 19 heavy (non-hydrogen) atoms. The van der Waals surface area contributed by atoms with Crippen molar-refractivity contribution in [2.24, 2.45) is 5.92 Å². The second-order valence-electron chi connectivity index (χ2n) is 5.22. The lowest BCUT2D eigenvalue weighted by Gasteiger charge is -2.33. The molecule has 0 spiro atoms. The zero-order valence-electron chi connectivity index (χ0n) is 11.5. The van der Waals surface area contributed by atoms with Crippen LogP contribution < -0.4 is 15.4 Å². The third-order valence-electron chi connectivity index (χ3n) is 3.25. The fourth-order valence-electron chi connectivity index (χ4n) is 2.35. The van der Waals surface area contributed by atoms with Gasteiger partial charge in [0.2, 0.25) is 5.88 Å². The van der Waals surface area contributed by atoms with Gasteiger partial charge >= 0.3 is 0 Å². The van der Waals surface area contributed by atoms with E-state index in [4.69, 9.17) is 10.5 Å². The molecule has 106 valence electrons. The molecule has 6 nitrogen and oxygen atoms in total. The Hall–Kier alpha value is -1.56. The van der Waals surface area contributed by atoms with Gasteiger partial charge in [-0.25, -0.2) is 4.98 Å². The number of rotatable bonds is 4. The van der Waals surface area contributed by atoms with Crippen LogP contribution in [0.15, 0.2) is 6.33 Å². The van der Waals surface area contributed by atoms with Gasteiger partial charge in [0, 0.05) is 19.7 Å². The van der Waals surface area contributed by atoms with Gasteiger partial charge in [0.05, 0.1) is 6.10 Å². The Morgan fingerprint density at radius 3 is 3.00 bits per heavy atom. The number of ether oxygens (including phenoxy) is 1. The van der Waals surface area contributed by atoms with Crippen molar-refractivity contribution < 1.29 is 9.84 Å². The Labute approximate surface area is 113 Å². The molecule has 1 saturated heterocycles. The molecule has 0 bridgehead atoms. The molecule has 2 rings (SSSR count).